The molecule has 0 aromatic carbocycles. The highest BCUT2D eigenvalue weighted by Gasteiger charge is 2.39. The molecule has 78 valence electrons. The maximum absolute atomic E-state index is 5.93. The van der Waals surface area contributed by atoms with Crippen molar-refractivity contribution < 1.29 is 4.74 Å². The van der Waals surface area contributed by atoms with E-state index < -0.39 is 0 Å². The first-order valence-electron chi connectivity index (χ1n) is 5.10. The number of hydrogen-bond acceptors (Lipinski definition) is 3. The van der Waals surface area contributed by atoms with E-state index in [0.717, 1.165) is 37.4 Å². The minimum absolute atomic E-state index is 0.0154. The van der Waals surface area contributed by atoms with Crippen molar-refractivity contribution in [2.75, 3.05) is 13.2 Å². The van der Waals surface area contributed by atoms with E-state index in [9.17, 15) is 0 Å². The summed E-state index contributed by atoms with van der Waals surface area (Å²) in [6.45, 7) is 1.55. The summed E-state index contributed by atoms with van der Waals surface area (Å²) in [5, 5.41) is 0.546. The van der Waals surface area contributed by atoms with Gasteiger partial charge in [0.2, 0.25) is 0 Å². The molecular weight excluding hydrogens is 212 g/mol. The Morgan fingerprint density at radius 3 is 2.87 bits per heavy atom. The Hall–Kier alpha value is -0.930. The minimum atomic E-state index is -0.0154. The summed E-state index contributed by atoms with van der Waals surface area (Å²) in [5.41, 5.74) is 1.97. The van der Waals surface area contributed by atoms with Crippen molar-refractivity contribution in [3.63, 3.8) is 0 Å². The van der Waals surface area contributed by atoms with E-state index in [-0.39, 0.29) is 5.41 Å². The van der Waals surface area contributed by atoms with Gasteiger partial charge in [-0.05, 0) is 25.0 Å². The number of rotatable bonds is 0. The number of aromatic nitrogens is 1. The summed E-state index contributed by atoms with van der Waals surface area (Å²) in [5.74, 6) is 0. The van der Waals surface area contributed by atoms with E-state index in [2.05, 4.69) is 9.98 Å². The van der Waals surface area contributed by atoms with Crippen LogP contribution in [0.1, 0.15) is 18.5 Å². The van der Waals surface area contributed by atoms with E-state index >= 15 is 0 Å². The second-order valence-electron chi connectivity index (χ2n) is 4.03. The zero-order valence-electron chi connectivity index (χ0n) is 8.24. The zero-order valence-corrected chi connectivity index (χ0v) is 9.00. The molecule has 15 heavy (non-hydrogen) atoms. The Morgan fingerprint density at radius 2 is 2.07 bits per heavy atom. The van der Waals surface area contributed by atoms with Crippen LogP contribution in [0, 0.1) is 0 Å². The molecule has 0 aliphatic carbocycles. The molecule has 1 aromatic heterocycles. The van der Waals surface area contributed by atoms with Crippen molar-refractivity contribution in [3.05, 3.63) is 23.0 Å². The summed E-state index contributed by atoms with van der Waals surface area (Å²) < 4.78 is 5.38. The molecule has 0 unspecified atom stereocenters. The van der Waals surface area contributed by atoms with Crippen molar-refractivity contribution in [1.29, 1.82) is 0 Å². The van der Waals surface area contributed by atoms with Gasteiger partial charge in [-0.3, -0.25) is 4.99 Å². The van der Waals surface area contributed by atoms with Crippen LogP contribution in [-0.4, -0.2) is 24.4 Å². The first-order chi connectivity index (χ1) is 7.30. The monoisotopic (exact) mass is 222 g/mol. The van der Waals surface area contributed by atoms with Gasteiger partial charge >= 0.3 is 0 Å². The van der Waals surface area contributed by atoms with Crippen LogP contribution in [0.2, 0.25) is 5.15 Å². The van der Waals surface area contributed by atoms with Crippen LogP contribution in [0.15, 0.2) is 17.1 Å². The molecule has 1 spiro atoms. The lowest BCUT2D eigenvalue weighted by molar-refractivity contribution is 0.0720. The lowest BCUT2D eigenvalue weighted by Crippen LogP contribution is -2.34. The summed E-state index contributed by atoms with van der Waals surface area (Å²) in [7, 11) is 0. The average molecular weight is 223 g/mol. The largest absolute Gasteiger partial charge is 0.381 e. The highest BCUT2D eigenvalue weighted by Crippen LogP contribution is 2.42. The maximum atomic E-state index is 5.93. The molecule has 3 nitrogen and oxygen atoms in total. The highest BCUT2D eigenvalue weighted by molar-refractivity contribution is 6.29. The molecule has 2 aliphatic rings. The summed E-state index contributed by atoms with van der Waals surface area (Å²) in [6, 6.07) is 3.72. The Labute approximate surface area is 93.1 Å². The molecule has 0 bridgehead atoms. The molecule has 4 heteroatoms. The molecule has 0 radical (unpaired) electrons. The average Bonchev–Trinajstić information content (AvgIpc) is 2.59. The number of nitrogens with zero attached hydrogens (tertiary/aromatic N) is 2. The van der Waals surface area contributed by atoms with E-state index in [1.165, 1.54) is 0 Å². The summed E-state index contributed by atoms with van der Waals surface area (Å²) >= 11 is 5.93. The predicted molar refractivity (Wildman–Crippen MR) is 59.1 cm³/mol. The molecule has 3 rings (SSSR count). The quantitative estimate of drug-likeness (QED) is 0.632. The Morgan fingerprint density at radius 1 is 1.27 bits per heavy atom. The molecule has 1 aromatic rings. The van der Waals surface area contributed by atoms with Gasteiger partial charge in [0.1, 0.15) is 5.15 Å². The fourth-order valence-corrected chi connectivity index (χ4v) is 2.40. The van der Waals surface area contributed by atoms with Gasteiger partial charge in [0.15, 0.2) is 0 Å². The predicted octanol–water partition coefficient (Wildman–Crippen LogP) is 2.50. The highest BCUT2D eigenvalue weighted by atomic mass is 35.5. The first kappa shape index (κ1) is 9.31. The molecule has 1 saturated heterocycles. The van der Waals surface area contributed by atoms with Gasteiger partial charge in [0, 0.05) is 19.4 Å². The van der Waals surface area contributed by atoms with Gasteiger partial charge in [0.05, 0.1) is 16.8 Å². The number of ether oxygens (including phenoxy) is 1. The molecule has 0 N–H and O–H groups in total. The standard InChI is InChI=1S/C11H11ClN2O/c12-9-2-1-8-10(14-9)11(7-13-8)3-5-15-6-4-11/h1-2,7H,3-6H2. The van der Waals surface area contributed by atoms with Crippen LogP contribution in [0.25, 0.3) is 0 Å². The van der Waals surface area contributed by atoms with Crippen LogP contribution in [0.4, 0.5) is 5.69 Å². The van der Waals surface area contributed by atoms with E-state index in [1.54, 1.807) is 6.07 Å². The van der Waals surface area contributed by atoms with Gasteiger partial charge in [0.25, 0.3) is 0 Å². The fraction of sp³-hybridized carbons (Fsp3) is 0.455. The SMILES string of the molecule is Clc1ccc2c(n1)C1(C=N2)CCOCC1. The van der Waals surface area contributed by atoms with Gasteiger partial charge in [-0.1, -0.05) is 11.6 Å². The van der Waals surface area contributed by atoms with Crippen LogP contribution >= 0.6 is 11.6 Å². The number of halogens is 1. The Balaban J connectivity index is 2.09. The first-order valence-corrected chi connectivity index (χ1v) is 5.48. The molecular formula is C11H11ClN2O. The second-order valence-corrected chi connectivity index (χ2v) is 4.42. The molecule has 0 amide bonds. The van der Waals surface area contributed by atoms with Gasteiger partial charge < -0.3 is 4.74 Å². The van der Waals surface area contributed by atoms with Crippen molar-refractivity contribution in [1.82, 2.24) is 4.98 Å². The van der Waals surface area contributed by atoms with E-state index in [4.69, 9.17) is 16.3 Å². The lowest BCUT2D eigenvalue weighted by atomic mass is 9.79. The number of aliphatic imine (C=N–C) groups is 1. The van der Waals surface area contributed by atoms with Crippen molar-refractivity contribution in [2.24, 2.45) is 4.99 Å². The summed E-state index contributed by atoms with van der Waals surface area (Å²) in [4.78, 5) is 8.83. The van der Waals surface area contributed by atoms with E-state index in [0.29, 0.717) is 5.15 Å². The maximum Gasteiger partial charge on any atom is 0.129 e. The molecule has 0 atom stereocenters. The fourth-order valence-electron chi connectivity index (χ4n) is 2.25. The number of pyridine rings is 1. The molecule has 3 heterocycles. The van der Waals surface area contributed by atoms with Crippen LogP contribution in [-0.2, 0) is 10.2 Å². The van der Waals surface area contributed by atoms with Gasteiger partial charge in [-0.25, -0.2) is 4.98 Å². The molecule has 1 fully saturated rings. The van der Waals surface area contributed by atoms with Gasteiger partial charge in [-0.2, -0.15) is 0 Å². The number of fused-ring (bicyclic) bond motifs is 2. The van der Waals surface area contributed by atoms with Crippen LogP contribution in [0.3, 0.4) is 0 Å². The van der Waals surface area contributed by atoms with Gasteiger partial charge in [-0.15, -0.1) is 0 Å². The lowest BCUT2D eigenvalue weighted by Gasteiger charge is -2.30. The Kier molecular flexibility index (Phi) is 2.04. The zero-order chi connectivity index (χ0) is 10.3. The normalized spacial score (nSPS) is 21.9. The third-order valence-electron chi connectivity index (χ3n) is 3.15. The minimum Gasteiger partial charge on any atom is -0.381 e. The third kappa shape index (κ3) is 1.38. The second kappa shape index (κ2) is 3.29. The topological polar surface area (TPSA) is 34.5 Å². The smallest absolute Gasteiger partial charge is 0.129 e. The van der Waals surface area contributed by atoms with Crippen molar-refractivity contribution in [2.45, 2.75) is 18.3 Å². The van der Waals surface area contributed by atoms with Crippen molar-refractivity contribution in [3.8, 4) is 0 Å². The van der Waals surface area contributed by atoms with Crippen molar-refractivity contribution >= 4 is 23.5 Å². The number of hydrogen-bond donors (Lipinski definition) is 0. The van der Waals surface area contributed by atoms with Crippen LogP contribution in [0.5, 0.6) is 0 Å². The Bertz CT molecular complexity index is 425. The molecule has 2 aliphatic heterocycles. The third-order valence-corrected chi connectivity index (χ3v) is 3.36. The van der Waals surface area contributed by atoms with Crippen LogP contribution < -0.4 is 0 Å². The van der Waals surface area contributed by atoms with E-state index in [1.807, 2.05) is 12.3 Å². The summed E-state index contributed by atoms with van der Waals surface area (Å²) in [6.07, 6.45) is 3.93. The molecule has 0 saturated carbocycles.